The summed E-state index contributed by atoms with van der Waals surface area (Å²) in [5, 5.41) is 2.67. The van der Waals surface area contributed by atoms with Gasteiger partial charge in [0.1, 0.15) is 17.0 Å². The van der Waals surface area contributed by atoms with Crippen LogP contribution < -0.4 is 5.32 Å². The molecule has 0 aliphatic heterocycles. The summed E-state index contributed by atoms with van der Waals surface area (Å²) in [6.45, 7) is 1.67. The van der Waals surface area contributed by atoms with E-state index in [0.29, 0.717) is 11.1 Å². The summed E-state index contributed by atoms with van der Waals surface area (Å²) in [6, 6.07) is 4.81. The average Bonchev–Trinajstić information content (AvgIpc) is 2.90. The third kappa shape index (κ3) is 3.49. The topological polar surface area (TPSA) is 76.4 Å². The van der Waals surface area contributed by atoms with Gasteiger partial charge in [-0.05, 0) is 30.7 Å². The Labute approximate surface area is 121 Å². The van der Waals surface area contributed by atoms with Crippen LogP contribution in [-0.4, -0.2) is 20.6 Å². The molecule has 1 N–H and O–H groups in total. The molecule has 112 valence electrons. The first-order chi connectivity index (χ1) is 9.79. The van der Waals surface area contributed by atoms with Crippen LogP contribution in [0.3, 0.4) is 0 Å². The molecule has 0 saturated heterocycles. The van der Waals surface area contributed by atoms with Gasteiger partial charge in [0, 0.05) is 6.26 Å². The Morgan fingerprint density at radius 2 is 2.05 bits per heavy atom. The number of amides is 1. The number of hydrogen-bond acceptors (Lipinski definition) is 4. The second kappa shape index (κ2) is 5.69. The van der Waals surface area contributed by atoms with Crippen molar-refractivity contribution in [1.82, 2.24) is 5.32 Å². The van der Waals surface area contributed by atoms with E-state index in [1.165, 1.54) is 30.7 Å². The fourth-order valence-corrected chi connectivity index (χ4v) is 2.57. The molecule has 0 bridgehead atoms. The minimum atomic E-state index is -3.61. The first kappa shape index (κ1) is 15.2. The van der Waals surface area contributed by atoms with E-state index in [0.717, 1.165) is 12.3 Å². The molecule has 1 amide bonds. The predicted octanol–water partition coefficient (Wildman–Crippen LogP) is 2.31. The summed E-state index contributed by atoms with van der Waals surface area (Å²) < 4.78 is 41.3. The lowest BCUT2D eigenvalue weighted by atomic mass is 10.1. The molecule has 5 nitrogen and oxygen atoms in total. The summed E-state index contributed by atoms with van der Waals surface area (Å²) in [4.78, 5) is 11.5. The van der Waals surface area contributed by atoms with Gasteiger partial charge < -0.3 is 9.73 Å². The van der Waals surface area contributed by atoms with E-state index in [1.807, 2.05) is 0 Å². The quantitative estimate of drug-likeness (QED) is 0.940. The number of benzene rings is 1. The molecule has 1 atom stereocenters. The summed E-state index contributed by atoms with van der Waals surface area (Å²) in [5.74, 6) is -1.19. The Hall–Kier alpha value is -2.15. The van der Waals surface area contributed by atoms with Crippen molar-refractivity contribution in [1.29, 1.82) is 0 Å². The van der Waals surface area contributed by atoms with E-state index < -0.39 is 21.7 Å². The van der Waals surface area contributed by atoms with Crippen LogP contribution in [0.2, 0.25) is 0 Å². The zero-order chi connectivity index (χ0) is 15.6. The Morgan fingerprint density at radius 1 is 1.33 bits per heavy atom. The van der Waals surface area contributed by atoms with Crippen LogP contribution in [0, 0.1) is 5.82 Å². The van der Waals surface area contributed by atoms with Crippen LogP contribution >= 0.6 is 0 Å². The van der Waals surface area contributed by atoms with Gasteiger partial charge in [0.05, 0.1) is 17.9 Å². The van der Waals surface area contributed by atoms with Gasteiger partial charge in [-0.1, -0.05) is 6.07 Å². The number of carbonyl (C=O) groups excluding carboxylic acids is 1. The number of halogens is 1. The maximum Gasteiger partial charge on any atom is 0.255 e. The fourth-order valence-electron chi connectivity index (χ4n) is 1.84. The van der Waals surface area contributed by atoms with E-state index in [-0.39, 0.29) is 10.8 Å². The highest BCUT2D eigenvalue weighted by atomic mass is 32.2. The van der Waals surface area contributed by atoms with Crippen molar-refractivity contribution in [3.05, 3.63) is 53.7 Å². The third-order valence-electron chi connectivity index (χ3n) is 2.99. The summed E-state index contributed by atoms with van der Waals surface area (Å²) in [6.07, 6.45) is 3.62. The van der Waals surface area contributed by atoms with Crippen molar-refractivity contribution < 1.29 is 22.0 Å². The number of rotatable bonds is 4. The van der Waals surface area contributed by atoms with Gasteiger partial charge in [-0.3, -0.25) is 4.79 Å². The van der Waals surface area contributed by atoms with E-state index in [4.69, 9.17) is 4.42 Å². The zero-order valence-electron chi connectivity index (χ0n) is 11.5. The summed E-state index contributed by atoms with van der Waals surface area (Å²) in [7, 11) is -3.61. The molecule has 2 rings (SSSR count). The molecule has 0 unspecified atom stereocenters. The molecule has 7 heteroatoms. The minimum Gasteiger partial charge on any atom is -0.472 e. The second-order valence-corrected chi connectivity index (χ2v) is 6.65. The standard InChI is InChI=1S/C14H14FNO4S/c1-9(16-14(17)11-5-6-20-8-11)10-3-4-13(12(15)7-10)21(2,18)19/h3-9H,1-2H3,(H,16,17)/t9-/m0/s1. The van der Waals surface area contributed by atoms with E-state index in [2.05, 4.69) is 5.32 Å². The second-order valence-electron chi connectivity index (χ2n) is 4.67. The number of furan rings is 1. The maximum absolute atomic E-state index is 13.8. The van der Waals surface area contributed by atoms with Crippen LogP contribution in [0.4, 0.5) is 4.39 Å². The van der Waals surface area contributed by atoms with Crippen LogP contribution in [0.5, 0.6) is 0 Å². The Bertz CT molecular complexity index is 753. The molecular weight excluding hydrogens is 297 g/mol. The maximum atomic E-state index is 13.8. The SMILES string of the molecule is C[C@H](NC(=O)c1ccoc1)c1ccc(S(C)(=O)=O)c(F)c1. The number of hydrogen-bond donors (Lipinski definition) is 1. The predicted molar refractivity (Wildman–Crippen MR) is 74.1 cm³/mol. The molecule has 1 heterocycles. The third-order valence-corrected chi connectivity index (χ3v) is 4.12. The summed E-state index contributed by atoms with van der Waals surface area (Å²) in [5.41, 5.74) is 0.826. The van der Waals surface area contributed by atoms with Gasteiger partial charge in [0.15, 0.2) is 9.84 Å². The van der Waals surface area contributed by atoms with Crippen molar-refractivity contribution >= 4 is 15.7 Å². The number of carbonyl (C=O) groups is 1. The first-order valence-corrected chi connectivity index (χ1v) is 8.01. The Balaban J connectivity index is 2.19. The molecule has 21 heavy (non-hydrogen) atoms. The highest BCUT2D eigenvalue weighted by Gasteiger charge is 2.17. The van der Waals surface area contributed by atoms with Crippen molar-refractivity contribution in [2.45, 2.75) is 17.9 Å². The monoisotopic (exact) mass is 311 g/mol. The van der Waals surface area contributed by atoms with Gasteiger partial charge in [-0.25, -0.2) is 12.8 Å². The van der Waals surface area contributed by atoms with Gasteiger partial charge in [-0.2, -0.15) is 0 Å². The smallest absolute Gasteiger partial charge is 0.255 e. The van der Waals surface area contributed by atoms with Crippen molar-refractivity contribution in [3.8, 4) is 0 Å². The molecule has 1 aromatic heterocycles. The lowest BCUT2D eigenvalue weighted by Gasteiger charge is -2.14. The number of nitrogens with one attached hydrogen (secondary N) is 1. The van der Waals surface area contributed by atoms with Gasteiger partial charge >= 0.3 is 0 Å². The van der Waals surface area contributed by atoms with Crippen molar-refractivity contribution in [2.75, 3.05) is 6.26 Å². The average molecular weight is 311 g/mol. The highest BCUT2D eigenvalue weighted by molar-refractivity contribution is 7.90. The number of sulfone groups is 1. The molecule has 0 saturated carbocycles. The van der Waals surface area contributed by atoms with E-state index in [1.54, 1.807) is 6.92 Å². The summed E-state index contributed by atoms with van der Waals surface area (Å²) >= 11 is 0. The molecule has 0 aliphatic rings. The fraction of sp³-hybridized carbons (Fsp3) is 0.214. The molecule has 0 aliphatic carbocycles. The van der Waals surface area contributed by atoms with Crippen molar-refractivity contribution in [3.63, 3.8) is 0 Å². The van der Waals surface area contributed by atoms with Crippen LogP contribution in [-0.2, 0) is 9.84 Å². The van der Waals surface area contributed by atoms with Crippen LogP contribution in [0.15, 0.2) is 46.1 Å². The normalized spacial score (nSPS) is 12.9. The molecule has 1 aromatic carbocycles. The minimum absolute atomic E-state index is 0.357. The Morgan fingerprint density at radius 3 is 2.57 bits per heavy atom. The molecule has 0 spiro atoms. The highest BCUT2D eigenvalue weighted by Crippen LogP contribution is 2.20. The first-order valence-electron chi connectivity index (χ1n) is 6.11. The van der Waals surface area contributed by atoms with E-state index in [9.17, 15) is 17.6 Å². The largest absolute Gasteiger partial charge is 0.472 e. The van der Waals surface area contributed by atoms with Crippen molar-refractivity contribution in [2.24, 2.45) is 0 Å². The van der Waals surface area contributed by atoms with Crippen LogP contribution in [0.25, 0.3) is 0 Å². The molecule has 2 aromatic rings. The Kier molecular flexibility index (Phi) is 4.13. The lowest BCUT2D eigenvalue weighted by Crippen LogP contribution is -2.26. The van der Waals surface area contributed by atoms with Gasteiger partial charge in [0.25, 0.3) is 5.91 Å². The van der Waals surface area contributed by atoms with E-state index >= 15 is 0 Å². The molecule has 0 fully saturated rings. The zero-order valence-corrected chi connectivity index (χ0v) is 12.3. The lowest BCUT2D eigenvalue weighted by molar-refractivity contribution is 0.0939. The van der Waals surface area contributed by atoms with Gasteiger partial charge in [0.2, 0.25) is 0 Å². The molecule has 0 radical (unpaired) electrons. The molecular formula is C14H14FNO4S. The van der Waals surface area contributed by atoms with Gasteiger partial charge in [-0.15, -0.1) is 0 Å². The van der Waals surface area contributed by atoms with Crippen LogP contribution in [0.1, 0.15) is 28.9 Å².